The fraction of sp³-hybridized carbons (Fsp3) is 0.278. The molecule has 0 heterocycles. The Morgan fingerprint density at radius 3 is 2.39 bits per heavy atom. The highest BCUT2D eigenvalue weighted by Crippen LogP contribution is 2.29. The van der Waals surface area contributed by atoms with Crippen molar-refractivity contribution in [2.75, 3.05) is 29.5 Å². The van der Waals surface area contributed by atoms with Crippen molar-refractivity contribution < 1.29 is 22.9 Å². The highest BCUT2D eigenvalue weighted by molar-refractivity contribution is 7.92. The second-order valence-corrected chi connectivity index (χ2v) is 8.13. The van der Waals surface area contributed by atoms with E-state index in [2.05, 4.69) is 5.32 Å². The van der Waals surface area contributed by atoms with Crippen molar-refractivity contribution in [2.45, 2.75) is 13.8 Å². The van der Waals surface area contributed by atoms with Gasteiger partial charge in [-0.05, 0) is 43.2 Å². The number of hydrogen-bond donors (Lipinski definition) is 1. The topological polar surface area (TPSA) is 119 Å². The van der Waals surface area contributed by atoms with Crippen LogP contribution in [0.25, 0.3) is 0 Å². The molecule has 0 aliphatic heterocycles. The number of benzene rings is 2. The summed E-state index contributed by atoms with van der Waals surface area (Å²) in [6.45, 7) is 3.24. The summed E-state index contributed by atoms with van der Waals surface area (Å²) >= 11 is 0. The fourth-order valence-corrected chi connectivity index (χ4v) is 3.36. The van der Waals surface area contributed by atoms with Gasteiger partial charge in [0.2, 0.25) is 15.9 Å². The van der Waals surface area contributed by atoms with Gasteiger partial charge >= 0.3 is 0 Å². The molecule has 0 saturated heterocycles. The SMILES string of the molecule is COc1ccc([N+](=O)[O-])cc1NC(=O)CN(c1ccc(C)c(C)c1)S(C)(=O)=O. The molecule has 150 valence electrons. The van der Waals surface area contributed by atoms with E-state index < -0.39 is 27.4 Å². The zero-order valence-electron chi connectivity index (χ0n) is 15.9. The molecule has 2 aromatic carbocycles. The number of nitro groups is 1. The lowest BCUT2D eigenvalue weighted by atomic mass is 10.1. The number of ether oxygens (including phenoxy) is 1. The van der Waals surface area contributed by atoms with E-state index in [0.29, 0.717) is 5.69 Å². The van der Waals surface area contributed by atoms with E-state index in [1.807, 2.05) is 13.8 Å². The third-order valence-electron chi connectivity index (χ3n) is 4.13. The number of nitro benzene ring substituents is 1. The van der Waals surface area contributed by atoms with Crippen LogP contribution in [0.15, 0.2) is 36.4 Å². The van der Waals surface area contributed by atoms with Gasteiger partial charge in [-0.2, -0.15) is 0 Å². The first-order valence-electron chi connectivity index (χ1n) is 8.20. The molecule has 0 aromatic heterocycles. The molecule has 0 aliphatic rings. The molecule has 1 amide bonds. The first-order chi connectivity index (χ1) is 13.0. The number of sulfonamides is 1. The van der Waals surface area contributed by atoms with Crippen molar-refractivity contribution in [3.8, 4) is 5.75 Å². The minimum absolute atomic E-state index is 0.0789. The Balaban J connectivity index is 2.31. The summed E-state index contributed by atoms with van der Waals surface area (Å²) in [5, 5.41) is 13.4. The van der Waals surface area contributed by atoms with Gasteiger partial charge in [0.25, 0.3) is 5.69 Å². The van der Waals surface area contributed by atoms with Crippen LogP contribution in [0.2, 0.25) is 0 Å². The molecule has 1 N–H and O–H groups in total. The molecule has 2 aromatic rings. The number of methoxy groups -OCH3 is 1. The molecule has 0 fully saturated rings. The number of aryl methyl sites for hydroxylation is 2. The van der Waals surface area contributed by atoms with Crippen LogP contribution in [0.5, 0.6) is 5.75 Å². The Morgan fingerprint density at radius 1 is 1.18 bits per heavy atom. The summed E-state index contributed by atoms with van der Waals surface area (Å²) in [7, 11) is -2.38. The van der Waals surface area contributed by atoms with Gasteiger partial charge in [0.05, 0.1) is 29.7 Å². The van der Waals surface area contributed by atoms with Crippen LogP contribution in [0.3, 0.4) is 0 Å². The molecule has 0 unspecified atom stereocenters. The van der Waals surface area contributed by atoms with Crippen LogP contribution >= 0.6 is 0 Å². The zero-order valence-corrected chi connectivity index (χ0v) is 16.7. The van der Waals surface area contributed by atoms with Gasteiger partial charge < -0.3 is 10.1 Å². The van der Waals surface area contributed by atoms with Crippen molar-refractivity contribution >= 4 is 33.0 Å². The van der Waals surface area contributed by atoms with Gasteiger partial charge in [-0.3, -0.25) is 19.2 Å². The average Bonchev–Trinajstić information content (AvgIpc) is 2.61. The predicted molar refractivity (Wildman–Crippen MR) is 106 cm³/mol. The Kier molecular flexibility index (Phi) is 6.24. The molecular formula is C18H21N3O6S. The van der Waals surface area contributed by atoms with E-state index in [0.717, 1.165) is 27.8 Å². The van der Waals surface area contributed by atoms with E-state index in [4.69, 9.17) is 4.74 Å². The molecule has 2 rings (SSSR count). The third-order valence-corrected chi connectivity index (χ3v) is 5.27. The lowest BCUT2D eigenvalue weighted by Crippen LogP contribution is -2.37. The number of carbonyl (C=O) groups is 1. The highest BCUT2D eigenvalue weighted by atomic mass is 32.2. The summed E-state index contributed by atoms with van der Waals surface area (Å²) in [6.07, 6.45) is 1.00. The maximum absolute atomic E-state index is 12.5. The lowest BCUT2D eigenvalue weighted by Gasteiger charge is -2.23. The number of nitrogens with zero attached hydrogens (tertiary/aromatic N) is 2. The minimum Gasteiger partial charge on any atom is -0.495 e. The van der Waals surface area contributed by atoms with Crippen LogP contribution in [0.4, 0.5) is 17.1 Å². The largest absolute Gasteiger partial charge is 0.495 e. The van der Waals surface area contributed by atoms with Gasteiger partial charge in [0.1, 0.15) is 12.3 Å². The average molecular weight is 407 g/mol. The van der Waals surface area contributed by atoms with Crippen LogP contribution in [-0.2, 0) is 14.8 Å². The molecule has 10 heteroatoms. The molecule has 0 spiro atoms. The number of non-ortho nitro benzene ring substituents is 1. The number of hydrogen-bond acceptors (Lipinski definition) is 6. The number of rotatable bonds is 7. The molecule has 9 nitrogen and oxygen atoms in total. The van der Waals surface area contributed by atoms with Crippen LogP contribution in [-0.4, -0.2) is 39.2 Å². The Hall–Kier alpha value is -3.14. The molecule has 0 atom stereocenters. The Labute approximate surface area is 163 Å². The standard InChI is InChI=1S/C18H21N3O6S/c1-12-5-6-14(9-13(12)2)20(28(4,25)26)11-18(22)19-16-10-15(21(23)24)7-8-17(16)27-3/h5-10H,11H2,1-4H3,(H,19,22). The normalized spacial score (nSPS) is 11.0. The summed E-state index contributed by atoms with van der Waals surface area (Å²) in [5.74, 6) is -0.446. The minimum atomic E-state index is -3.74. The van der Waals surface area contributed by atoms with Crippen LogP contribution in [0, 0.1) is 24.0 Å². The number of amides is 1. The molecular weight excluding hydrogens is 386 g/mol. The maximum atomic E-state index is 12.5. The van der Waals surface area contributed by atoms with E-state index in [-0.39, 0.29) is 17.1 Å². The third kappa shape index (κ3) is 4.97. The van der Waals surface area contributed by atoms with Crippen molar-refractivity contribution in [2.24, 2.45) is 0 Å². The molecule has 0 aliphatic carbocycles. The van der Waals surface area contributed by atoms with E-state index >= 15 is 0 Å². The van der Waals surface area contributed by atoms with Crippen molar-refractivity contribution in [3.63, 3.8) is 0 Å². The first-order valence-corrected chi connectivity index (χ1v) is 10.0. The summed E-state index contributed by atoms with van der Waals surface area (Å²) in [5.41, 5.74) is 2.07. The molecule has 0 saturated carbocycles. The Bertz CT molecular complexity index is 1020. The van der Waals surface area contributed by atoms with Crippen LogP contribution in [0.1, 0.15) is 11.1 Å². The predicted octanol–water partition coefficient (Wildman–Crippen LogP) is 2.62. The van der Waals surface area contributed by atoms with E-state index in [1.54, 1.807) is 18.2 Å². The monoisotopic (exact) mass is 407 g/mol. The molecule has 28 heavy (non-hydrogen) atoms. The lowest BCUT2D eigenvalue weighted by molar-refractivity contribution is -0.384. The smallest absolute Gasteiger partial charge is 0.271 e. The fourth-order valence-electron chi connectivity index (χ4n) is 2.51. The summed E-state index contributed by atoms with van der Waals surface area (Å²) in [6, 6.07) is 8.81. The van der Waals surface area contributed by atoms with Gasteiger partial charge in [-0.15, -0.1) is 0 Å². The molecule has 0 radical (unpaired) electrons. The summed E-state index contributed by atoms with van der Waals surface area (Å²) in [4.78, 5) is 22.9. The van der Waals surface area contributed by atoms with Crippen molar-refractivity contribution in [1.82, 2.24) is 0 Å². The summed E-state index contributed by atoms with van der Waals surface area (Å²) < 4.78 is 30.5. The first kappa shape index (κ1) is 21.2. The number of anilines is 2. The second kappa shape index (κ2) is 8.26. The second-order valence-electron chi connectivity index (χ2n) is 6.23. The van der Waals surface area contributed by atoms with Gasteiger partial charge in [0, 0.05) is 12.1 Å². The molecule has 0 bridgehead atoms. The Morgan fingerprint density at radius 2 is 1.86 bits per heavy atom. The number of carbonyl (C=O) groups excluding carboxylic acids is 1. The highest BCUT2D eigenvalue weighted by Gasteiger charge is 2.22. The quantitative estimate of drug-likeness (QED) is 0.557. The van der Waals surface area contributed by atoms with Gasteiger partial charge in [0.15, 0.2) is 0 Å². The van der Waals surface area contributed by atoms with Gasteiger partial charge in [-0.1, -0.05) is 6.07 Å². The maximum Gasteiger partial charge on any atom is 0.271 e. The van der Waals surface area contributed by atoms with E-state index in [9.17, 15) is 23.3 Å². The van der Waals surface area contributed by atoms with E-state index in [1.165, 1.54) is 19.2 Å². The zero-order chi connectivity index (χ0) is 21.1. The van der Waals surface area contributed by atoms with Crippen molar-refractivity contribution in [3.05, 3.63) is 57.6 Å². The van der Waals surface area contributed by atoms with Gasteiger partial charge in [-0.25, -0.2) is 8.42 Å². The number of nitrogens with one attached hydrogen (secondary N) is 1. The van der Waals surface area contributed by atoms with Crippen LogP contribution < -0.4 is 14.4 Å². The van der Waals surface area contributed by atoms with Crippen molar-refractivity contribution in [1.29, 1.82) is 0 Å².